The van der Waals surface area contributed by atoms with Crippen LogP contribution in [0.1, 0.15) is 28.5 Å². The zero-order valence-electron chi connectivity index (χ0n) is 16.0. The summed E-state index contributed by atoms with van der Waals surface area (Å²) in [4.78, 5) is 26.1. The molecule has 8 heteroatoms. The minimum absolute atomic E-state index is 0. The number of likely N-dealkylation sites (N-methyl/N-ethyl adjacent to an activating group) is 1. The molecule has 28 heavy (non-hydrogen) atoms. The number of benzene rings is 1. The van der Waals surface area contributed by atoms with Gasteiger partial charge in [0, 0.05) is 42.2 Å². The van der Waals surface area contributed by atoms with Crippen LogP contribution in [0.4, 0.5) is 0 Å². The number of nitrogens with one attached hydrogen (secondary N) is 2. The molecule has 2 aromatic heterocycles. The maximum absolute atomic E-state index is 12.2. The third-order valence-electron chi connectivity index (χ3n) is 4.92. The van der Waals surface area contributed by atoms with Crippen LogP contribution in [-0.4, -0.2) is 39.3 Å². The Hall–Kier alpha value is -2.77. The zero-order chi connectivity index (χ0) is 19.7. The summed E-state index contributed by atoms with van der Waals surface area (Å²) in [5.41, 5.74) is 2.42. The number of carboxylic acids is 1. The van der Waals surface area contributed by atoms with Gasteiger partial charge in [0.15, 0.2) is 5.56 Å². The number of H-pyrrole nitrogens is 1. The Morgan fingerprint density at radius 1 is 1.29 bits per heavy atom. The van der Waals surface area contributed by atoms with Crippen molar-refractivity contribution >= 4 is 29.3 Å². The Kier molecular flexibility index (Phi) is 6.53. The van der Waals surface area contributed by atoms with Gasteiger partial charge in [0.1, 0.15) is 5.75 Å². The molecular formula is C20H24ClN3O4. The van der Waals surface area contributed by atoms with E-state index < -0.39 is 22.8 Å². The number of carboxylic acid groups (broad SMARTS) is 1. The van der Waals surface area contributed by atoms with E-state index in [4.69, 9.17) is 0 Å². The topological polar surface area (TPSA) is 107 Å². The summed E-state index contributed by atoms with van der Waals surface area (Å²) >= 11 is 0. The van der Waals surface area contributed by atoms with Crippen LogP contribution in [0.5, 0.6) is 5.75 Å². The van der Waals surface area contributed by atoms with Crippen molar-refractivity contribution in [3.63, 3.8) is 0 Å². The molecule has 0 aliphatic rings. The molecule has 150 valence electrons. The molecule has 0 saturated carbocycles. The fraction of sp³-hybridized carbons (Fsp3) is 0.300. The molecule has 1 aromatic carbocycles. The smallest absolute Gasteiger partial charge is 0.345 e. The van der Waals surface area contributed by atoms with E-state index in [9.17, 15) is 19.8 Å². The van der Waals surface area contributed by atoms with E-state index in [0.29, 0.717) is 17.7 Å². The third-order valence-corrected chi connectivity index (χ3v) is 4.92. The summed E-state index contributed by atoms with van der Waals surface area (Å²) in [6.07, 6.45) is 1.28. The van der Waals surface area contributed by atoms with Crippen LogP contribution in [0.2, 0.25) is 0 Å². The van der Waals surface area contributed by atoms with Crippen molar-refractivity contribution in [1.82, 2.24) is 14.9 Å². The summed E-state index contributed by atoms with van der Waals surface area (Å²) in [5, 5.41) is 23.7. The van der Waals surface area contributed by atoms with Crippen LogP contribution < -0.4 is 10.9 Å². The highest BCUT2D eigenvalue weighted by atomic mass is 35.5. The maximum Gasteiger partial charge on any atom is 0.345 e. The number of hydrogen-bond donors (Lipinski definition) is 4. The summed E-state index contributed by atoms with van der Waals surface area (Å²) in [6, 6.07) is 7.88. The molecule has 0 spiro atoms. The number of aromatic amines is 1. The minimum atomic E-state index is -1.44. The first-order valence-corrected chi connectivity index (χ1v) is 8.83. The van der Waals surface area contributed by atoms with E-state index in [1.807, 2.05) is 32.3 Å². The first kappa shape index (κ1) is 21.5. The van der Waals surface area contributed by atoms with E-state index in [1.165, 1.54) is 5.69 Å². The van der Waals surface area contributed by atoms with Crippen LogP contribution in [0.15, 0.2) is 29.1 Å². The second kappa shape index (κ2) is 8.50. The summed E-state index contributed by atoms with van der Waals surface area (Å²) in [5.74, 6) is -1.91. The maximum atomic E-state index is 12.2. The third kappa shape index (κ3) is 3.63. The van der Waals surface area contributed by atoms with Crippen molar-refractivity contribution in [2.75, 3.05) is 13.6 Å². The van der Waals surface area contributed by atoms with E-state index in [2.05, 4.69) is 20.9 Å². The molecule has 0 unspecified atom stereocenters. The first-order valence-electron chi connectivity index (χ1n) is 8.83. The van der Waals surface area contributed by atoms with Crippen LogP contribution in [0.25, 0.3) is 22.2 Å². The Bertz CT molecular complexity index is 1090. The molecule has 3 aromatic rings. The molecule has 0 amide bonds. The number of rotatable bonds is 6. The van der Waals surface area contributed by atoms with E-state index in [0.717, 1.165) is 29.4 Å². The van der Waals surface area contributed by atoms with Gasteiger partial charge in [0.25, 0.3) is 5.56 Å². The van der Waals surface area contributed by atoms with Gasteiger partial charge in [-0.05, 0) is 37.2 Å². The molecule has 7 nitrogen and oxygen atoms in total. The number of aromatic hydroxyl groups is 1. The number of pyridine rings is 1. The standard InChI is InChI=1S/C20H23N3O4.ClH/c1-4-14-17(22-19(25)16(18(14)24)20(26)27)11-5-6-15-12(9-11)10-13(23(15)3)7-8-21-2;/h5-6,9-10,21H,4,7-8H2,1-3H3,(H,26,27)(H2,22,24,25);1H. The van der Waals surface area contributed by atoms with Crippen molar-refractivity contribution < 1.29 is 15.0 Å². The largest absolute Gasteiger partial charge is 0.506 e. The highest BCUT2D eigenvalue weighted by Crippen LogP contribution is 2.32. The number of halogens is 1. The molecule has 3 rings (SSSR count). The van der Waals surface area contributed by atoms with Crippen molar-refractivity contribution in [2.45, 2.75) is 19.8 Å². The van der Waals surface area contributed by atoms with E-state index in [1.54, 1.807) is 6.92 Å². The fourth-order valence-corrected chi connectivity index (χ4v) is 3.47. The van der Waals surface area contributed by atoms with Gasteiger partial charge in [0.2, 0.25) is 0 Å². The molecule has 0 aliphatic carbocycles. The molecule has 0 radical (unpaired) electrons. The van der Waals surface area contributed by atoms with Gasteiger partial charge in [-0.15, -0.1) is 12.4 Å². The van der Waals surface area contributed by atoms with E-state index >= 15 is 0 Å². The van der Waals surface area contributed by atoms with Gasteiger partial charge in [-0.25, -0.2) is 4.79 Å². The van der Waals surface area contributed by atoms with Crippen molar-refractivity contribution in [1.29, 1.82) is 0 Å². The fourth-order valence-electron chi connectivity index (χ4n) is 3.47. The van der Waals surface area contributed by atoms with Crippen molar-refractivity contribution in [2.24, 2.45) is 7.05 Å². The van der Waals surface area contributed by atoms with Crippen molar-refractivity contribution in [3.05, 3.63) is 51.4 Å². The number of nitrogens with zero attached hydrogens (tertiary/aromatic N) is 1. The molecule has 0 atom stereocenters. The van der Waals surface area contributed by atoms with Gasteiger partial charge >= 0.3 is 5.97 Å². The normalized spacial score (nSPS) is 10.8. The van der Waals surface area contributed by atoms with Gasteiger partial charge in [-0.2, -0.15) is 0 Å². The second-order valence-electron chi connectivity index (χ2n) is 6.51. The predicted octanol–water partition coefficient (Wildman–Crippen LogP) is 2.68. The molecule has 0 saturated heterocycles. The van der Waals surface area contributed by atoms with Crippen LogP contribution in [0, 0.1) is 0 Å². The van der Waals surface area contributed by atoms with E-state index in [-0.39, 0.29) is 12.4 Å². The Morgan fingerprint density at radius 3 is 2.61 bits per heavy atom. The second-order valence-corrected chi connectivity index (χ2v) is 6.51. The highest BCUT2D eigenvalue weighted by Gasteiger charge is 2.22. The highest BCUT2D eigenvalue weighted by molar-refractivity contribution is 5.92. The minimum Gasteiger partial charge on any atom is -0.506 e. The van der Waals surface area contributed by atoms with Crippen LogP contribution in [0.3, 0.4) is 0 Å². The van der Waals surface area contributed by atoms with Crippen LogP contribution >= 0.6 is 12.4 Å². The summed E-state index contributed by atoms with van der Waals surface area (Å²) in [7, 11) is 3.93. The summed E-state index contributed by atoms with van der Waals surface area (Å²) < 4.78 is 2.13. The lowest BCUT2D eigenvalue weighted by Crippen LogP contribution is -2.20. The lowest BCUT2D eigenvalue weighted by atomic mass is 9.99. The average molecular weight is 406 g/mol. The van der Waals surface area contributed by atoms with Gasteiger partial charge in [-0.1, -0.05) is 13.0 Å². The monoisotopic (exact) mass is 405 g/mol. The molecule has 0 aliphatic heterocycles. The first-order chi connectivity index (χ1) is 12.9. The lowest BCUT2D eigenvalue weighted by Gasteiger charge is -2.12. The molecule has 0 fully saturated rings. The SMILES string of the molecule is CCc1c(-c2ccc3c(c2)cc(CCNC)n3C)[nH]c(=O)c(C(=O)O)c1O.Cl. The summed E-state index contributed by atoms with van der Waals surface area (Å²) in [6.45, 7) is 2.67. The van der Waals surface area contributed by atoms with Gasteiger partial charge in [-0.3, -0.25) is 4.79 Å². The molecular weight excluding hydrogens is 382 g/mol. The predicted molar refractivity (Wildman–Crippen MR) is 112 cm³/mol. The van der Waals surface area contributed by atoms with Gasteiger partial charge in [0.05, 0.1) is 5.69 Å². The molecule has 4 N–H and O–H groups in total. The number of fused-ring (bicyclic) bond motifs is 1. The molecule has 2 heterocycles. The number of aryl methyl sites for hydroxylation is 1. The van der Waals surface area contributed by atoms with Crippen molar-refractivity contribution in [3.8, 4) is 17.0 Å². The van der Waals surface area contributed by atoms with Gasteiger partial charge < -0.3 is 25.1 Å². The number of aromatic nitrogens is 2. The number of carbonyl (C=O) groups is 1. The average Bonchev–Trinajstić information content (AvgIpc) is 2.94. The Balaban J connectivity index is 0.00000280. The Morgan fingerprint density at radius 2 is 2.00 bits per heavy atom. The quantitative estimate of drug-likeness (QED) is 0.504. The molecule has 0 bridgehead atoms. The zero-order valence-corrected chi connectivity index (χ0v) is 16.8. The lowest BCUT2D eigenvalue weighted by molar-refractivity contribution is 0.0691. The number of hydrogen-bond acceptors (Lipinski definition) is 4. The Labute approximate surface area is 168 Å². The van der Waals surface area contributed by atoms with Crippen LogP contribution in [-0.2, 0) is 19.9 Å². The number of aromatic carboxylic acids is 1.